The Morgan fingerprint density at radius 1 is 0.897 bits per heavy atom. The summed E-state index contributed by atoms with van der Waals surface area (Å²) >= 11 is 0. The number of methoxy groups -OCH3 is 2. The maximum Gasteiger partial charge on any atom is 0.118 e. The summed E-state index contributed by atoms with van der Waals surface area (Å²) < 4.78 is 10.7. The highest BCUT2D eigenvalue weighted by atomic mass is 16.5. The average molecular weight is 388 g/mol. The first-order chi connectivity index (χ1) is 14.2. The number of hydrogen-bond donors (Lipinski definition) is 0. The van der Waals surface area contributed by atoms with Gasteiger partial charge < -0.3 is 9.47 Å². The summed E-state index contributed by atoms with van der Waals surface area (Å²) in [5, 5.41) is 0. The minimum atomic E-state index is 0.200. The van der Waals surface area contributed by atoms with E-state index in [1.807, 2.05) is 0 Å². The summed E-state index contributed by atoms with van der Waals surface area (Å²) in [5.41, 5.74) is 2.98. The molecule has 2 bridgehead atoms. The molecule has 6 rings (SSSR count). The zero-order valence-corrected chi connectivity index (χ0v) is 17.3. The minimum absolute atomic E-state index is 0.200. The second-order valence-corrected chi connectivity index (χ2v) is 8.91. The van der Waals surface area contributed by atoms with Gasteiger partial charge in [-0.25, -0.2) is 0 Å². The largest absolute Gasteiger partial charge is 0.497 e. The molecular formula is C26H29NO2. The molecule has 0 aromatic heterocycles. The van der Waals surface area contributed by atoms with Gasteiger partial charge in [0.2, 0.25) is 0 Å². The third-order valence-corrected chi connectivity index (χ3v) is 7.36. The van der Waals surface area contributed by atoms with Gasteiger partial charge in [-0.1, -0.05) is 36.4 Å². The Labute approximate surface area is 173 Å². The van der Waals surface area contributed by atoms with Gasteiger partial charge in [-0.15, -0.1) is 0 Å². The van der Waals surface area contributed by atoms with Gasteiger partial charge in [0.25, 0.3) is 0 Å². The molecular weight excluding hydrogens is 358 g/mol. The first-order valence-electron chi connectivity index (χ1n) is 10.7. The molecule has 150 valence electrons. The average Bonchev–Trinajstić information content (AvgIpc) is 3.27. The van der Waals surface area contributed by atoms with Crippen LogP contribution in [-0.4, -0.2) is 26.5 Å². The fourth-order valence-electron chi connectivity index (χ4n) is 5.97. The highest BCUT2D eigenvalue weighted by molar-refractivity contribution is 5.67. The Hall–Kier alpha value is -2.55. The lowest BCUT2D eigenvalue weighted by atomic mass is 9.52. The maximum atomic E-state index is 5.37. The smallest absolute Gasteiger partial charge is 0.118 e. The highest BCUT2D eigenvalue weighted by Gasteiger charge is 2.54. The van der Waals surface area contributed by atoms with Crippen LogP contribution in [0.3, 0.4) is 0 Å². The molecule has 2 aliphatic heterocycles. The van der Waals surface area contributed by atoms with Crippen molar-refractivity contribution >= 4 is 6.21 Å². The van der Waals surface area contributed by atoms with Crippen LogP contribution in [0.15, 0.2) is 65.7 Å². The van der Waals surface area contributed by atoms with Gasteiger partial charge in [-0.3, -0.25) is 4.99 Å². The second kappa shape index (κ2) is 7.37. The second-order valence-electron chi connectivity index (χ2n) is 8.91. The molecule has 0 radical (unpaired) electrons. The fourth-order valence-corrected chi connectivity index (χ4v) is 5.97. The van der Waals surface area contributed by atoms with E-state index >= 15 is 0 Å². The first-order valence-corrected chi connectivity index (χ1v) is 10.7. The van der Waals surface area contributed by atoms with Gasteiger partial charge >= 0.3 is 0 Å². The van der Waals surface area contributed by atoms with Crippen LogP contribution >= 0.6 is 0 Å². The van der Waals surface area contributed by atoms with Gasteiger partial charge in [0.1, 0.15) is 11.5 Å². The van der Waals surface area contributed by atoms with Crippen LogP contribution in [0.4, 0.5) is 0 Å². The lowest BCUT2D eigenvalue weighted by Crippen LogP contribution is -2.53. The molecule has 2 aromatic rings. The van der Waals surface area contributed by atoms with E-state index in [0.29, 0.717) is 23.8 Å². The fraction of sp³-hybridized carbons (Fsp3) is 0.423. The van der Waals surface area contributed by atoms with Crippen molar-refractivity contribution < 1.29 is 9.47 Å². The first kappa shape index (κ1) is 18.5. The molecule has 2 aromatic carbocycles. The van der Waals surface area contributed by atoms with Crippen molar-refractivity contribution in [2.24, 2.45) is 28.2 Å². The number of hydrogen-bond acceptors (Lipinski definition) is 3. The van der Waals surface area contributed by atoms with Gasteiger partial charge in [-0.05, 0) is 78.3 Å². The predicted molar refractivity (Wildman–Crippen MR) is 117 cm³/mol. The molecule has 2 heterocycles. The van der Waals surface area contributed by atoms with E-state index in [4.69, 9.17) is 14.5 Å². The molecule has 3 heteroatoms. The van der Waals surface area contributed by atoms with E-state index in [1.54, 1.807) is 14.2 Å². The maximum absolute atomic E-state index is 5.37. The van der Waals surface area contributed by atoms with E-state index in [-0.39, 0.29) is 5.41 Å². The zero-order valence-electron chi connectivity index (χ0n) is 17.3. The van der Waals surface area contributed by atoms with Crippen molar-refractivity contribution in [3.63, 3.8) is 0 Å². The van der Waals surface area contributed by atoms with Crippen molar-refractivity contribution in [2.75, 3.05) is 14.2 Å². The third-order valence-electron chi connectivity index (χ3n) is 7.36. The van der Waals surface area contributed by atoms with Crippen LogP contribution in [0, 0.1) is 23.2 Å². The van der Waals surface area contributed by atoms with Gasteiger partial charge in [-0.2, -0.15) is 0 Å². The van der Waals surface area contributed by atoms with Crippen molar-refractivity contribution in [3.05, 3.63) is 71.8 Å². The molecule has 3 nitrogen and oxygen atoms in total. The van der Waals surface area contributed by atoms with Crippen LogP contribution in [0.5, 0.6) is 11.5 Å². The normalized spacial score (nSPS) is 28.3. The summed E-state index contributed by atoms with van der Waals surface area (Å²) in [5.74, 6) is 3.69. The quantitative estimate of drug-likeness (QED) is 0.643. The van der Waals surface area contributed by atoms with Gasteiger partial charge in [0.05, 0.1) is 20.3 Å². The Balaban J connectivity index is 1.50. The number of benzene rings is 2. The number of aliphatic imine (C=N–C) groups is 1. The highest BCUT2D eigenvalue weighted by Crippen LogP contribution is 2.56. The lowest BCUT2D eigenvalue weighted by molar-refractivity contribution is 0.0448. The molecule has 4 aliphatic rings. The molecule has 4 atom stereocenters. The van der Waals surface area contributed by atoms with E-state index in [9.17, 15) is 0 Å². The van der Waals surface area contributed by atoms with Crippen molar-refractivity contribution in [3.8, 4) is 11.5 Å². The lowest BCUT2D eigenvalue weighted by Gasteiger charge is -2.54. The predicted octanol–water partition coefficient (Wildman–Crippen LogP) is 5.14. The molecule has 4 unspecified atom stereocenters. The minimum Gasteiger partial charge on any atom is -0.497 e. The molecule has 0 saturated heterocycles. The van der Waals surface area contributed by atoms with E-state index in [1.165, 1.54) is 24.0 Å². The van der Waals surface area contributed by atoms with E-state index in [2.05, 4.69) is 66.9 Å². The Morgan fingerprint density at radius 2 is 1.48 bits per heavy atom. The molecule has 2 aliphatic carbocycles. The molecule has 29 heavy (non-hydrogen) atoms. The third kappa shape index (κ3) is 3.27. The van der Waals surface area contributed by atoms with Crippen molar-refractivity contribution in [1.82, 2.24) is 0 Å². The van der Waals surface area contributed by atoms with Crippen LogP contribution in [0.2, 0.25) is 0 Å². The summed E-state index contributed by atoms with van der Waals surface area (Å²) in [4.78, 5) is 4.97. The zero-order chi connectivity index (χ0) is 19.8. The number of allylic oxidation sites excluding steroid dienone is 2. The number of rotatable bonds is 6. The topological polar surface area (TPSA) is 30.8 Å². The van der Waals surface area contributed by atoms with Crippen LogP contribution < -0.4 is 9.47 Å². The molecule has 1 fully saturated rings. The summed E-state index contributed by atoms with van der Waals surface area (Å²) in [6.45, 7) is 0. The van der Waals surface area contributed by atoms with Crippen molar-refractivity contribution in [2.45, 2.75) is 31.7 Å². The Bertz CT molecular complexity index is 863. The molecule has 1 saturated carbocycles. The monoisotopic (exact) mass is 387 g/mol. The standard InChI is InChI=1S/C26H29NO2/c1-28-20-10-6-18(7-11-20)14-26(15-19-8-12-21(29-2)13-9-19)16-25-23-5-3-4-22(23)24(26)17-27-25/h3-4,6-13,17,22-25H,5,14-16H2,1-2H3. The number of fused-ring (bicyclic) bond motifs is 1. The SMILES string of the molecule is COc1ccc(CC2(Cc3ccc(OC)cc3)CC3N=CC2C2C=CCC32)cc1. The Morgan fingerprint density at radius 3 is 2.03 bits per heavy atom. The van der Waals surface area contributed by atoms with Crippen molar-refractivity contribution in [1.29, 1.82) is 0 Å². The molecule has 0 spiro atoms. The number of ether oxygens (including phenoxy) is 2. The summed E-state index contributed by atoms with van der Waals surface area (Å²) in [7, 11) is 3.45. The van der Waals surface area contributed by atoms with Gasteiger partial charge in [0.15, 0.2) is 0 Å². The van der Waals surface area contributed by atoms with E-state index in [0.717, 1.165) is 24.3 Å². The molecule has 0 N–H and O–H groups in total. The number of nitrogens with zero attached hydrogens (tertiary/aromatic N) is 1. The van der Waals surface area contributed by atoms with E-state index < -0.39 is 0 Å². The Kier molecular flexibility index (Phi) is 4.69. The van der Waals surface area contributed by atoms with Crippen LogP contribution in [-0.2, 0) is 12.8 Å². The molecule has 0 amide bonds. The summed E-state index contributed by atoms with van der Waals surface area (Å²) in [6.07, 6.45) is 11.7. The van der Waals surface area contributed by atoms with Crippen LogP contribution in [0.25, 0.3) is 0 Å². The van der Waals surface area contributed by atoms with Gasteiger partial charge in [0, 0.05) is 12.1 Å². The van der Waals surface area contributed by atoms with Crippen LogP contribution in [0.1, 0.15) is 24.0 Å². The summed E-state index contributed by atoms with van der Waals surface area (Å²) in [6, 6.07) is 17.7.